The van der Waals surface area contributed by atoms with Gasteiger partial charge in [-0.3, -0.25) is 0 Å². The maximum atomic E-state index is 5.42. The molecule has 0 aliphatic heterocycles. The van der Waals surface area contributed by atoms with E-state index in [2.05, 4.69) is 0 Å². The van der Waals surface area contributed by atoms with Gasteiger partial charge in [-0.2, -0.15) is 0 Å². The molecular formula is C5H9Cl3O. The highest BCUT2D eigenvalue weighted by molar-refractivity contribution is 6.67. The summed E-state index contributed by atoms with van der Waals surface area (Å²) in [5.74, 6) is 0. The Morgan fingerprint density at radius 1 is 1.33 bits per heavy atom. The maximum absolute atomic E-state index is 5.42. The van der Waals surface area contributed by atoms with Crippen molar-refractivity contribution in [2.24, 2.45) is 0 Å². The van der Waals surface area contributed by atoms with Crippen LogP contribution >= 0.6 is 34.8 Å². The predicted molar refractivity (Wildman–Crippen MR) is 41.4 cm³/mol. The maximum Gasteiger partial charge on any atom is 0.192 e. The molecule has 0 rings (SSSR count). The summed E-state index contributed by atoms with van der Waals surface area (Å²) in [6.45, 7) is 3.08. The second kappa shape index (κ2) is 4.62. The molecule has 0 N–H and O–H groups in total. The second-order valence-electron chi connectivity index (χ2n) is 1.56. The Morgan fingerprint density at radius 3 is 2.22 bits per heavy atom. The van der Waals surface area contributed by atoms with Crippen LogP contribution in [0.1, 0.15) is 13.3 Å². The summed E-state index contributed by atoms with van der Waals surface area (Å²) < 4.78 is 3.80. The number of hydrogen-bond acceptors (Lipinski definition) is 1. The molecule has 56 valence electrons. The van der Waals surface area contributed by atoms with Gasteiger partial charge in [0.2, 0.25) is 0 Å². The standard InChI is InChI=1S/C5H9Cl3O/c1-2-9-4-3-5(6,7)8/h2-4H2,1H3. The number of hydrogen-bond donors (Lipinski definition) is 0. The third-order valence-corrected chi connectivity index (χ3v) is 1.30. The minimum Gasteiger partial charge on any atom is -0.382 e. The van der Waals surface area contributed by atoms with Crippen molar-refractivity contribution in [1.29, 1.82) is 0 Å². The Labute approximate surface area is 70.2 Å². The lowest BCUT2D eigenvalue weighted by molar-refractivity contribution is 0.146. The molecule has 0 spiro atoms. The molecule has 4 heteroatoms. The van der Waals surface area contributed by atoms with Crippen LogP contribution in [0.2, 0.25) is 0 Å². The quantitative estimate of drug-likeness (QED) is 0.492. The number of alkyl halides is 3. The molecule has 0 aliphatic carbocycles. The average molecular weight is 191 g/mol. The summed E-state index contributed by atoms with van der Waals surface area (Å²) in [5, 5.41) is 0. The highest BCUT2D eigenvalue weighted by Gasteiger charge is 2.18. The number of ether oxygens (including phenoxy) is 1. The van der Waals surface area contributed by atoms with Crippen LogP contribution in [0.4, 0.5) is 0 Å². The van der Waals surface area contributed by atoms with Crippen molar-refractivity contribution < 1.29 is 4.74 Å². The third-order valence-electron chi connectivity index (χ3n) is 0.734. The molecule has 0 aromatic heterocycles. The summed E-state index contributed by atoms with van der Waals surface area (Å²) in [4.78, 5) is 0. The van der Waals surface area contributed by atoms with E-state index in [1.165, 1.54) is 0 Å². The lowest BCUT2D eigenvalue weighted by Gasteiger charge is -2.08. The fraction of sp³-hybridized carbons (Fsp3) is 1.00. The Balaban J connectivity index is 3.07. The predicted octanol–water partition coefficient (Wildman–Crippen LogP) is 2.78. The van der Waals surface area contributed by atoms with E-state index in [0.29, 0.717) is 19.6 Å². The van der Waals surface area contributed by atoms with E-state index < -0.39 is 3.79 Å². The Kier molecular flexibility index (Phi) is 5.04. The van der Waals surface area contributed by atoms with Crippen LogP contribution in [0.5, 0.6) is 0 Å². The Bertz CT molecular complexity index is 69.1. The van der Waals surface area contributed by atoms with Crippen molar-refractivity contribution in [3.8, 4) is 0 Å². The minimum atomic E-state index is -1.16. The molecule has 0 fully saturated rings. The van der Waals surface area contributed by atoms with Gasteiger partial charge in [-0.15, -0.1) is 0 Å². The van der Waals surface area contributed by atoms with Gasteiger partial charge >= 0.3 is 0 Å². The highest BCUT2D eigenvalue weighted by Crippen LogP contribution is 2.29. The van der Waals surface area contributed by atoms with E-state index in [-0.39, 0.29) is 0 Å². The van der Waals surface area contributed by atoms with Gasteiger partial charge in [0, 0.05) is 13.0 Å². The molecule has 0 heterocycles. The first-order valence-electron chi connectivity index (χ1n) is 2.70. The zero-order valence-corrected chi connectivity index (χ0v) is 7.43. The van der Waals surface area contributed by atoms with E-state index in [9.17, 15) is 0 Å². The molecule has 0 radical (unpaired) electrons. The van der Waals surface area contributed by atoms with E-state index >= 15 is 0 Å². The molecule has 9 heavy (non-hydrogen) atoms. The molecule has 0 saturated carbocycles. The molecule has 1 nitrogen and oxygen atoms in total. The van der Waals surface area contributed by atoms with Gasteiger partial charge in [0.15, 0.2) is 3.79 Å². The van der Waals surface area contributed by atoms with Crippen LogP contribution in [0.25, 0.3) is 0 Å². The molecule has 0 aromatic rings. The van der Waals surface area contributed by atoms with E-state index in [4.69, 9.17) is 39.5 Å². The molecule has 0 amide bonds. The molecule has 0 aliphatic rings. The zero-order valence-electron chi connectivity index (χ0n) is 5.16. The van der Waals surface area contributed by atoms with E-state index in [1.54, 1.807) is 0 Å². The molecule has 0 aromatic carbocycles. The molecule has 0 saturated heterocycles. The molecule has 0 unspecified atom stereocenters. The van der Waals surface area contributed by atoms with Gasteiger partial charge < -0.3 is 4.74 Å². The van der Waals surface area contributed by atoms with Crippen LogP contribution in [-0.2, 0) is 4.74 Å². The first-order chi connectivity index (χ1) is 4.06. The first kappa shape index (κ1) is 9.83. The van der Waals surface area contributed by atoms with Gasteiger partial charge in [0.1, 0.15) is 0 Å². The van der Waals surface area contributed by atoms with Crippen molar-refractivity contribution in [2.75, 3.05) is 13.2 Å². The van der Waals surface area contributed by atoms with Gasteiger partial charge in [0.05, 0.1) is 6.61 Å². The highest BCUT2D eigenvalue weighted by atomic mass is 35.6. The van der Waals surface area contributed by atoms with Crippen molar-refractivity contribution in [3.63, 3.8) is 0 Å². The lowest BCUT2D eigenvalue weighted by atomic mass is 10.5. The van der Waals surface area contributed by atoms with Crippen molar-refractivity contribution in [1.82, 2.24) is 0 Å². The molecular weight excluding hydrogens is 182 g/mol. The summed E-state index contributed by atoms with van der Waals surface area (Å²) in [5.41, 5.74) is 0. The van der Waals surface area contributed by atoms with Crippen LogP contribution in [0, 0.1) is 0 Å². The molecule has 0 atom stereocenters. The second-order valence-corrected chi connectivity index (χ2v) is 4.08. The summed E-state index contributed by atoms with van der Waals surface area (Å²) in [7, 11) is 0. The smallest absolute Gasteiger partial charge is 0.192 e. The number of rotatable bonds is 3. The number of halogens is 3. The van der Waals surface area contributed by atoms with Crippen LogP contribution in [-0.4, -0.2) is 17.0 Å². The average Bonchev–Trinajstić information content (AvgIpc) is 1.63. The minimum absolute atomic E-state index is 0.450. The Hall–Kier alpha value is 0.830. The van der Waals surface area contributed by atoms with Crippen molar-refractivity contribution >= 4 is 34.8 Å². The fourth-order valence-corrected chi connectivity index (χ4v) is 0.564. The van der Waals surface area contributed by atoms with E-state index in [0.717, 1.165) is 0 Å². The van der Waals surface area contributed by atoms with Gasteiger partial charge in [-0.05, 0) is 6.92 Å². The van der Waals surface area contributed by atoms with Gasteiger partial charge in [-0.1, -0.05) is 34.8 Å². The van der Waals surface area contributed by atoms with Gasteiger partial charge in [0.25, 0.3) is 0 Å². The molecule has 0 bridgehead atoms. The SMILES string of the molecule is CCOCCC(Cl)(Cl)Cl. The Morgan fingerprint density at radius 2 is 1.89 bits per heavy atom. The van der Waals surface area contributed by atoms with Crippen LogP contribution < -0.4 is 0 Å². The fourth-order valence-electron chi connectivity index (χ4n) is 0.332. The van der Waals surface area contributed by atoms with Gasteiger partial charge in [-0.25, -0.2) is 0 Å². The summed E-state index contributed by atoms with van der Waals surface area (Å²) >= 11 is 16.3. The lowest BCUT2D eigenvalue weighted by Crippen LogP contribution is -2.07. The zero-order chi connectivity index (χ0) is 7.33. The third kappa shape index (κ3) is 8.83. The van der Waals surface area contributed by atoms with E-state index in [1.807, 2.05) is 6.92 Å². The topological polar surface area (TPSA) is 9.23 Å². The van der Waals surface area contributed by atoms with Crippen LogP contribution in [0.3, 0.4) is 0 Å². The van der Waals surface area contributed by atoms with Crippen molar-refractivity contribution in [3.05, 3.63) is 0 Å². The normalized spacial score (nSPS) is 12.0. The van der Waals surface area contributed by atoms with Crippen LogP contribution in [0.15, 0.2) is 0 Å². The largest absolute Gasteiger partial charge is 0.382 e. The van der Waals surface area contributed by atoms with Crippen molar-refractivity contribution in [2.45, 2.75) is 17.1 Å². The first-order valence-corrected chi connectivity index (χ1v) is 3.84. The monoisotopic (exact) mass is 190 g/mol. The summed E-state index contributed by atoms with van der Waals surface area (Å²) in [6, 6.07) is 0. The summed E-state index contributed by atoms with van der Waals surface area (Å²) in [6.07, 6.45) is 0.450.